The lowest BCUT2D eigenvalue weighted by Crippen LogP contribution is -2.34. The Labute approximate surface area is 203 Å². The summed E-state index contributed by atoms with van der Waals surface area (Å²) >= 11 is 1.93. The second-order valence-corrected chi connectivity index (χ2v) is 9.93. The summed E-state index contributed by atoms with van der Waals surface area (Å²) in [6.07, 6.45) is 0. The lowest BCUT2D eigenvalue weighted by molar-refractivity contribution is 0.709. The molecule has 34 heavy (non-hydrogen) atoms. The summed E-state index contributed by atoms with van der Waals surface area (Å²) in [5.74, 6) is 0. The van der Waals surface area contributed by atoms with Crippen LogP contribution >= 0.6 is 11.8 Å². The maximum Gasteiger partial charge on any atom is 0.0723 e. The minimum atomic E-state index is -0.396. The van der Waals surface area contributed by atoms with Gasteiger partial charge in [-0.15, -0.1) is 0 Å². The van der Waals surface area contributed by atoms with E-state index in [-0.39, 0.29) is 0 Å². The van der Waals surface area contributed by atoms with E-state index >= 15 is 0 Å². The third-order valence-corrected chi connectivity index (χ3v) is 8.47. The molecular formula is C33H22S. The number of rotatable bonds is 2. The van der Waals surface area contributed by atoms with Crippen molar-refractivity contribution >= 4 is 33.3 Å². The van der Waals surface area contributed by atoms with Crippen LogP contribution in [0.3, 0.4) is 0 Å². The molecule has 1 aliphatic heterocycles. The van der Waals surface area contributed by atoms with Gasteiger partial charge in [0.15, 0.2) is 0 Å². The Morgan fingerprint density at radius 3 is 1.26 bits per heavy atom. The predicted octanol–water partition coefficient (Wildman–Crippen LogP) is 8.84. The van der Waals surface area contributed by atoms with Crippen molar-refractivity contribution in [3.05, 3.63) is 156 Å². The molecule has 1 aliphatic rings. The molecule has 0 radical (unpaired) electrons. The van der Waals surface area contributed by atoms with Gasteiger partial charge in [0.1, 0.15) is 0 Å². The molecule has 0 spiro atoms. The van der Waals surface area contributed by atoms with E-state index in [1.54, 1.807) is 0 Å². The molecule has 0 nitrogen and oxygen atoms in total. The van der Waals surface area contributed by atoms with E-state index in [0.29, 0.717) is 0 Å². The fourth-order valence-electron chi connectivity index (χ4n) is 5.71. The first-order chi connectivity index (χ1) is 16.9. The third-order valence-electron chi connectivity index (χ3n) is 7.18. The zero-order valence-electron chi connectivity index (χ0n) is 18.6. The van der Waals surface area contributed by atoms with Gasteiger partial charge in [-0.2, -0.15) is 0 Å². The van der Waals surface area contributed by atoms with Gasteiger partial charge in [-0.1, -0.05) is 145 Å². The molecule has 0 amide bonds. The Kier molecular flexibility index (Phi) is 4.40. The van der Waals surface area contributed by atoms with E-state index < -0.39 is 5.41 Å². The van der Waals surface area contributed by atoms with Gasteiger partial charge in [-0.25, -0.2) is 0 Å². The van der Waals surface area contributed by atoms with Crippen LogP contribution in [0.25, 0.3) is 21.5 Å². The van der Waals surface area contributed by atoms with Crippen LogP contribution in [0.4, 0.5) is 0 Å². The summed E-state index contributed by atoms with van der Waals surface area (Å²) < 4.78 is 0. The monoisotopic (exact) mass is 450 g/mol. The summed E-state index contributed by atoms with van der Waals surface area (Å²) in [5, 5.41) is 5.21. The van der Waals surface area contributed by atoms with Gasteiger partial charge >= 0.3 is 0 Å². The second-order valence-electron chi connectivity index (χ2n) is 8.91. The first kappa shape index (κ1) is 19.6. The molecule has 7 rings (SSSR count). The van der Waals surface area contributed by atoms with E-state index in [4.69, 9.17) is 0 Å². The highest BCUT2D eigenvalue weighted by Gasteiger charge is 2.45. The average molecular weight is 451 g/mol. The molecule has 6 aromatic rings. The van der Waals surface area contributed by atoms with Crippen molar-refractivity contribution in [1.29, 1.82) is 0 Å². The van der Waals surface area contributed by atoms with Gasteiger partial charge in [-0.3, -0.25) is 0 Å². The second kappa shape index (κ2) is 7.62. The van der Waals surface area contributed by atoms with Crippen LogP contribution < -0.4 is 0 Å². The number of fused-ring (bicyclic) bond motifs is 6. The van der Waals surface area contributed by atoms with Gasteiger partial charge in [0.25, 0.3) is 0 Å². The van der Waals surface area contributed by atoms with E-state index in [0.717, 1.165) is 0 Å². The van der Waals surface area contributed by atoms with Crippen molar-refractivity contribution in [1.82, 2.24) is 0 Å². The fourth-order valence-corrected chi connectivity index (χ4v) is 7.17. The van der Waals surface area contributed by atoms with Crippen LogP contribution in [0.5, 0.6) is 0 Å². The molecule has 0 bridgehead atoms. The first-order valence-corrected chi connectivity index (χ1v) is 12.5. The van der Waals surface area contributed by atoms with E-state index in [1.807, 2.05) is 11.8 Å². The van der Waals surface area contributed by atoms with Crippen molar-refractivity contribution in [2.75, 3.05) is 0 Å². The highest BCUT2D eigenvalue weighted by atomic mass is 32.2. The average Bonchev–Trinajstić information content (AvgIpc) is 2.92. The van der Waals surface area contributed by atoms with E-state index in [1.165, 1.54) is 53.6 Å². The van der Waals surface area contributed by atoms with Gasteiger partial charge in [-0.05, 0) is 43.8 Å². The van der Waals surface area contributed by atoms with Crippen LogP contribution in [0.1, 0.15) is 22.3 Å². The first-order valence-electron chi connectivity index (χ1n) is 11.7. The Morgan fingerprint density at radius 2 is 0.794 bits per heavy atom. The summed E-state index contributed by atoms with van der Waals surface area (Å²) in [4.78, 5) is 2.71. The van der Waals surface area contributed by atoms with Crippen LogP contribution in [0, 0.1) is 0 Å². The standard InChI is InChI=1S/C33H22S/c1-3-13-25(14-4-1)33(26-15-5-2-6-16-26)29-21-19-23-11-7-9-17-27(23)31(29)34-32-28-18-10-8-12-24(28)20-22-30(32)33/h1-22H. The zero-order chi connectivity index (χ0) is 22.5. The largest absolute Gasteiger partial charge is 0.0881 e. The van der Waals surface area contributed by atoms with E-state index in [9.17, 15) is 0 Å². The molecule has 0 N–H and O–H groups in total. The van der Waals surface area contributed by atoms with Gasteiger partial charge in [0.05, 0.1) is 5.41 Å². The molecule has 1 heteroatoms. The number of hydrogen-bond acceptors (Lipinski definition) is 1. The van der Waals surface area contributed by atoms with Gasteiger partial charge < -0.3 is 0 Å². The smallest absolute Gasteiger partial charge is 0.0723 e. The minimum Gasteiger partial charge on any atom is -0.0881 e. The third kappa shape index (κ3) is 2.68. The van der Waals surface area contributed by atoms with Gasteiger partial charge in [0.2, 0.25) is 0 Å². The Morgan fingerprint density at radius 1 is 0.382 bits per heavy atom. The molecule has 0 atom stereocenters. The van der Waals surface area contributed by atoms with Gasteiger partial charge in [0, 0.05) is 9.79 Å². The fraction of sp³-hybridized carbons (Fsp3) is 0.0303. The topological polar surface area (TPSA) is 0 Å². The van der Waals surface area contributed by atoms with E-state index in [2.05, 4.69) is 133 Å². The maximum atomic E-state index is 2.36. The summed E-state index contributed by atoms with van der Waals surface area (Å²) in [5.41, 5.74) is 4.92. The van der Waals surface area contributed by atoms with Crippen molar-refractivity contribution in [3.63, 3.8) is 0 Å². The Balaban J connectivity index is 1.72. The highest BCUT2D eigenvalue weighted by Crippen LogP contribution is 2.58. The molecule has 0 saturated carbocycles. The van der Waals surface area contributed by atoms with Crippen LogP contribution in [0.15, 0.2) is 143 Å². The minimum absolute atomic E-state index is 0.396. The molecular weight excluding hydrogens is 428 g/mol. The van der Waals surface area contributed by atoms with Crippen molar-refractivity contribution in [2.24, 2.45) is 0 Å². The SMILES string of the molecule is c1ccc(C2(c3ccccc3)c3ccc4ccccc4c3Sc3c2ccc2ccccc32)cc1. The lowest BCUT2D eigenvalue weighted by Gasteiger charge is -2.42. The van der Waals surface area contributed by atoms with Crippen molar-refractivity contribution in [2.45, 2.75) is 15.2 Å². The molecule has 0 fully saturated rings. The number of benzene rings is 6. The molecule has 160 valence electrons. The summed E-state index contributed by atoms with van der Waals surface area (Å²) in [7, 11) is 0. The van der Waals surface area contributed by atoms with Crippen LogP contribution in [-0.4, -0.2) is 0 Å². The van der Waals surface area contributed by atoms with Crippen molar-refractivity contribution < 1.29 is 0 Å². The Hall–Kier alpha value is -3.81. The lowest BCUT2D eigenvalue weighted by atomic mass is 9.64. The predicted molar refractivity (Wildman–Crippen MR) is 144 cm³/mol. The van der Waals surface area contributed by atoms with Crippen molar-refractivity contribution in [3.8, 4) is 0 Å². The molecule has 0 aromatic heterocycles. The van der Waals surface area contributed by atoms with Crippen LogP contribution in [0.2, 0.25) is 0 Å². The quantitative estimate of drug-likeness (QED) is 0.253. The number of hydrogen-bond donors (Lipinski definition) is 0. The maximum absolute atomic E-state index is 2.36. The zero-order valence-corrected chi connectivity index (χ0v) is 19.4. The molecule has 0 aliphatic carbocycles. The molecule has 0 saturated heterocycles. The van der Waals surface area contributed by atoms with Crippen LogP contribution in [-0.2, 0) is 5.41 Å². The summed E-state index contributed by atoms with van der Waals surface area (Å²) in [6.45, 7) is 0. The Bertz CT molecular complexity index is 1540. The normalized spacial score (nSPS) is 14.0. The molecule has 1 heterocycles. The molecule has 6 aromatic carbocycles. The molecule has 0 unspecified atom stereocenters. The highest BCUT2D eigenvalue weighted by molar-refractivity contribution is 8.00. The summed E-state index contributed by atoms with van der Waals surface area (Å²) in [6, 6.07) is 49.0.